The zero-order valence-electron chi connectivity index (χ0n) is 7.73. The second kappa shape index (κ2) is 3.73. The van der Waals surface area contributed by atoms with Crippen molar-refractivity contribution in [2.45, 2.75) is 19.1 Å². The van der Waals surface area contributed by atoms with Gasteiger partial charge in [-0.3, -0.25) is 0 Å². The molecule has 6 heteroatoms. The van der Waals surface area contributed by atoms with Crippen LogP contribution in [0, 0.1) is 6.92 Å². The van der Waals surface area contributed by atoms with Crippen molar-refractivity contribution >= 4 is 21.4 Å². The number of nitrogens with zero attached hydrogens (tertiary/aromatic N) is 1. The van der Waals surface area contributed by atoms with E-state index in [1.54, 1.807) is 6.92 Å². The molecule has 1 unspecified atom stereocenters. The van der Waals surface area contributed by atoms with Gasteiger partial charge in [-0.1, -0.05) is 0 Å². The van der Waals surface area contributed by atoms with Gasteiger partial charge in [0, 0.05) is 11.1 Å². The van der Waals surface area contributed by atoms with E-state index in [0.717, 1.165) is 5.69 Å². The number of nitrogens with one attached hydrogen (secondary N) is 1. The van der Waals surface area contributed by atoms with E-state index in [1.165, 1.54) is 18.4 Å². The Kier molecular flexibility index (Phi) is 3.05. The number of hydrogen-bond acceptors (Lipinski definition) is 4. The first-order chi connectivity index (χ1) is 5.97. The Labute approximate surface area is 82.1 Å². The molecule has 0 amide bonds. The van der Waals surface area contributed by atoms with Gasteiger partial charge in [-0.15, -0.1) is 11.3 Å². The largest absolute Gasteiger partial charge is 0.245 e. The van der Waals surface area contributed by atoms with Gasteiger partial charge in [0.15, 0.2) is 0 Å². The first kappa shape index (κ1) is 10.6. The minimum atomic E-state index is -3.24. The third kappa shape index (κ3) is 2.26. The van der Waals surface area contributed by atoms with Crippen LogP contribution < -0.4 is 4.72 Å². The summed E-state index contributed by atoms with van der Waals surface area (Å²) in [6, 6.07) is 0. The predicted molar refractivity (Wildman–Crippen MR) is 53.2 cm³/mol. The molecule has 4 nitrogen and oxygen atoms in total. The molecule has 13 heavy (non-hydrogen) atoms. The molecule has 1 rings (SSSR count). The van der Waals surface area contributed by atoms with Crippen LogP contribution in [-0.4, -0.2) is 20.4 Å². The number of aryl methyl sites for hydroxylation is 1. The van der Waals surface area contributed by atoms with E-state index in [1.807, 2.05) is 12.3 Å². The highest BCUT2D eigenvalue weighted by Crippen LogP contribution is 2.23. The quantitative estimate of drug-likeness (QED) is 0.828. The van der Waals surface area contributed by atoms with Gasteiger partial charge < -0.3 is 0 Å². The van der Waals surface area contributed by atoms with Crippen molar-refractivity contribution in [2.24, 2.45) is 0 Å². The van der Waals surface area contributed by atoms with E-state index >= 15 is 0 Å². The van der Waals surface area contributed by atoms with Gasteiger partial charge >= 0.3 is 0 Å². The average molecular weight is 220 g/mol. The van der Waals surface area contributed by atoms with E-state index in [9.17, 15) is 8.42 Å². The van der Waals surface area contributed by atoms with Crippen LogP contribution in [0.5, 0.6) is 0 Å². The Balaban J connectivity index is 2.98. The molecule has 0 aliphatic carbocycles. The molecule has 0 saturated heterocycles. The molecule has 0 radical (unpaired) electrons. The van der Waals surface area contributed by atoms with Crippen molar-refractivity contribution in [3.8, 4) is 0 Å². The summed E-state index contributed by atoms with van der Waals surface area (Å²) < 4.78 is 25.0. The van der Waals surface area contributed by atoms with Crippen LogP contribution in [0.4, 0.5) is 0 Å². The molecule has 0 saturated carbocycles. The highest BCUT2D eigenvalue weighted by Gasteiger charge is 2.22. The molecule has 1 aromatic heterocycles. The summed E-state index contributed by atoms with van der Waals surface area (Å²) in [5, 5.41) is 1.90. The first-order valence-corrected chi connectivity index (χ1v) is 6.24. The molecule has 74 valence electrons. The van der Waals surface area contributed by atoms with Gasteiger partial charge in [0.25, 0.3) is 0 Å². The number of aromatic nitrogens is 1. The van der Waals surface area contributed by atoms with E-state index in [2.05, 4.69) is 9.71 Å². The molecule has 0 aliphatic rings. The van der Waals surface area contributed by atoms with E-state index in [4.69, 9.17) is 0 Å². The van der Waals surface area contributed by atoms with Gasteiger partial charge in [-0.2, -0.15) is 0 Å². The summed E-state index contributed by atoms with van der Waals surface area (Å²) in [5.41, 5.74) is 0.859. The average Bonchev–Trinajstić information content (AvgIpc) is 2.50. The van der Waals surface area contributed by atoms with E-state index in [-0.39, 0.29) is 0 Å². The van der Waals surface area contributed by atoms with Gasteiger partial charge in [0.05, 0.1) is 0 Å². The topological polar surface area (TPSA) is 59.1 Å². The Morgan fingerprint density at radius 1 is 1.62 bits per heavy atom. The normalized spacial score (nSPS) is 14.4. The number of sulfonamides is 1. The fraction of sp³-hybridized carbons (Fsp3) is 0.571. The molecule has 0 fully saturated rings. The summed E-state index contributed by atoms with van der Waals surface area (Å²) in [5.74, 6) is 0. The Bertz CT molecular complexity index is 383. The lowest BCUT2D eigenvalue weighted by atomic mass is 10.5. The summed E-state index contributed by atoms with van der Waals surface area (Å²) in [6.07, 6.45) is 0. The molecular formula is C7H12N2O2S2. The fourth-order valence-corrected chi connectivity index (χ4v) is 2.82. The second-order valence-corrected chi connectivity index (χ2v) is 5.81. The van der Waals surface area contributed by atoms with Gasteiger partial charge in [0.1, 0.15) is 10.3 Å². The molecule has 0 spiro atoms. The lowest BCUT2D eigenvalue weighted by Crippen LogP contribution is -2.23. The van der Waals surface area contributed by atoms with Crippen molar-refractivity contribution in [3.63, 3.8) is 0 Å². The maximum Gasteiger partial charge on any atom is 0.220 e. The van der Waals surface area contributed by atoms with Gasteiger partial charge in [-0.25, -0.2) is 18.1 Å². The third-order valence-electron chi connectivity index (χ3n) is 1.73. The fourth-order valence-electron chi connectivity index (χ4n) is 0.868. The van der Waals surface area contributed by atoms with Crippen LogP contribution in [0.3, 0.4) is 0 Å². The highest BCUT2D eigenvalue weighted by atomic mass is 32.2. The van der Waals surface area contributed by atoms with Crippen LogP contribution in [0.2, 0.25) is 0 Å². The molecule has 1 aromatic rings. The van der Waals surface area contributed by atoms with Crippen LogP contribution in [0.25, 0.3) is 0 Å². The van der Waals surface area contributed by atoms with Crippen molar-refractivity contribution in [1.82, 2.24) is 9.71 Å². The maximum absolute atomic E-state index is 11.4. The molecule has 0 bridgehead atoms. The molecule has 1 atom stereocenters. The second-order valence-electron chi connectivity index (χ2n) is 2.72. The van der Waals surface area contributed by atoms with Crippen LogP contribution in [-0.2, 0) is 10.0 Å². The summed E-state index contributed by atoms with van der Waals surface area (Å²) in [4.78, 5) is 4.12. The molecular weight excluding hydrogens is 208 g/mol. The minimum Gasteiger partial charge on any atom is -0.245 e. The Morgan fingerprint density at radius 3 is 2.62 bits per heavy atom. The summed E-state index contributed by atoms with van der Waals surface area (Å²) >= 11 is 1.37. The van der Waals surface area contributed by atoms with Gasteiger partial charge in [0.2, 0.25) is 10.0 Å². The van der Waals surface area contributed by atoms with Crippen molar-refractivity contribution in [3.05, 3.63) is 16.1 Å². The summed E-state index contributed by atoms with van der Waals surface area (Å²) in [7, 11) is -1.83. The molecule has 1 heterocycles. The van der Waals surface area contributed by atoms with Crippen LogP contribution >= 0.6 is 11.3 Å². The van der Waals surface area contributed by atoms with E-state index in [0.29, 0.717) is 5.01 Å². The molecule has 0 aliphatic heterocycles. The van der Waals surface area contributed by atoms with Crippen molar-refractivity contribution in [1.29, 1.82) is 0 Å². The van der Waals surface area contributed by atoms with Crippen molar-refractivity contribution in [2.75, 3.05) is 7.05 Å². The summed E-state index contributed by atoms with van der Waals surface area (Å²) in [6.45, 7) is 3.48. The van der Waals surface area contributed by atoms with Crippen LogP contribution in [0.1, 0.15) is 22.9 Å². The first-order valence-electron chi connectivity index (χ1n) is 3.81. The zero-order chi connectivity index (χ0) is 10.1. The smallest absolute Gasteiger partial charge is 0.220 e. The number of thiazole rings is 1. The number of rotatable bonds is 3. The maximum atomic E-state index is 11.4. The SMILES string of the molecule is CNS(=O)(=O)C(C)c1nc(C)cs1. The lowest BCUT2D eigenvalue weighted by molar-refractivity contribution is 0.577. The monoisotopic (exact) mass is 220 g/mol. The van der Waals surface area contributed by atoms with Crippen molar-refractivity contribution < 1.29 is 8.42 Å². The highest BCUT2D eigenvalue weighted by molar-refractivity contribution is 7.89. The van der Waals surface area contributed by atoms with Gasteiger partial charge in [-0.05, 0) is 20.9 Å². The van der Waals surface area contributed by atoms with E-state index < -0.39 is 15.3 Å². The third-order valence-corrected chi connectivity index (χ3v) is 4.75. The minimum absolute atomic E-state index is 0.573. The Morgan fingerprint density at radius 2 is 2.23 bits per heavy atom. The Hall–Kier alpha value is -0.460. The molecule has 1 N–H and O–H groups in total. The standard InChI is InChI=1S/C7H12N2O2S2/c1-5-4-12-7(9-5)6(2)13(10,11)8-3/h4,6,8H,1-3H3. The molecule has 0 aromatic carbocycles. The zero-order valence-corrected chi connectivity index (χ0v) is 9.37. The van der Waals surface area contributed by atoms with Crippen LogP contribution in [0.15, 0.2) is 5.38 Å². The lowest BCUT2D eigenvalue weighted by Gasteiger charge is -2.07. The predicted octanol–water partition coefficient (Wildman–Crippen LogP) is 1.06. The number of hydrogen-bond donors (Lipinski definition) is 1.